The van der Waals surface area contributed by atoms with Crippen LogP contribution in [0.1, 0.15) is 5.56 Å². The molecule has 0 radical (unpaired) electrons. The second kappa shape index (κ2) is 7.13. The first-order chi connectivity index (χ1) is 10.2. The number of nitrogen functional groups attached to an aromatic ring is 1. The summed E-state index contributed by atoms with van der Waals surface area (Å²) < 4.78 is 15.9. The smallest absolute Gasteiger partial charge is 0.161 e. The third kappa shape index (κ3) is 3.76. The maximum atomic E-state index is 5.76. The molecule has 2 rings (SSSR count). The van der Waals surface area contributed by atoms with Crippen LogP contribution in [0.5, 0.6) is 17.2 Å². The Balaban J connectivity index is 2.13. The molecule has 0 saturated carbocycles. The fraction of sp³-hybridized carbons (Fsp3) is 0.250. The zero-order chi connectivity index (χ0) is 15.2. The van der Waals surface area contributed by atoms with E-state index in [1.165, 1.54) is 0 Å². The van der Waals surface area contributed by atoms with E-state index in [-0.39, 0.29) is 0 Å². The van der Waals surface area contributed by atoms with E-state index in [2.05, 4.69) is 0 Å². The van der Waals surface area contributed by atoms with Crippen LogP contribution in [-0.4, -0.2) is 21.3 Å². The van der Waals surface area contributed by atoms with E-state index in [4.69, 9.17) is 19.9 Å². The molecule has 0 atom stereocenters. The standard InChI is InChI=1S/C16H19NO3S/c1-18-13-6-4-11(8-14(13)19-2)10-21-16-7-5-12(17)9-15(16)20-3/h4-9H,10,17H2,1-3H3. The molecule has 2 aromatic rings. The second-order valence-corrected chi connectivity index (χ2v) is 5.41. The summed E-state index contributed by atoms with van der Waals surface area (Å²) in [5.74, 6) is 3.07. The van der Waals surface area contributed by atoms with E-state index < -0.39 is 0 Å². The third-order valence-electron chi connectivity index (χ3n) is 3.03. The number of thioether (sulfide) groups is 1. The van der Waals surface area contributed by atoms with Gasteiger partial charge in [0, 0.05) is 22.4 Å². The molecule has 112 valence electrons. The van der Waals surface area contributed by atoms with Crippen LogP contribution < -0.4 is 19.9 Å². The molecule has 0 aliphatic carbocycles. The molecule has 4 nitrogen and oxygen atoms in total. The Bertz CT molecular complexity index is 616. The maximum Gasteiger partial charge on any atom is 0.161 e. The highest BCUT2D eigenvalue weighted by atomic mass is 32.2. The van der Waals surface area contributed by atoms with Crippen LogP contribution in [0.25, 0.3) is 0 Å². The van der Waals surface area contributed by atoms with Crippen LogP contribution in [0.2, 0.25) is 0 Å². The Kier molecular flexibility index (Phi) is 5.22. The summed E-state index contributed by atoms with van der Waals surface area (Å²) in [5.41, 5.74) is 7.61. The van der Waals surface area contributed by atoms with Crippen molar-refractivity contribution in [1.82, 2.24) is 0 Å². The van der Waals surface area contributed by atoms with Gasteiger partial charge in [0.15, 0.2) is 11.5 Å². The summed E-state index contributed by atoms with van der Waals surface area (Å²) in [6, 6.07) is 11.6. The largest absolute Gasteiger partial charge is 0.496 e. The van der Waals surface area contributed by atoms with Crippen molar-refractivity contribution in [2.45, 2.75) is 10.6 Å². The number of nitrogens with two attached hydrogens (primary N) is 1. The Hall–Kier alpha value is -2.01. The van der Waals surface area contributed by atoms with Crippen LogP contribution in [0.3, 0.4) is 0 Å². The summed E-state index contributed by atoms with van der Waals surface area (Å²) in [6.07, 6.45) is 0. The van der Waals surface area contributed by atoms with Gasteiger partial charge in [-0.25, -0.2) is 0 Å². The SMILES string of the molecule is COc1ccc(CSc2ccc(N)cc2OC)cc1OC. The fourth-order valence-electron chi connectivity index (χ4n) is 1.93. The lowest BCUT2D eigenvalue weighted by atomic mass is 10.2. The molecule has 0 spiro atoms. The van der Waals surface area contributed by atoms with Crippen LogP contribution in [0.4, 0.5) is 5.69 Å². The van der Waals surface area contributed by atoms with E-state index in [1.807, 2.05) is 36.4 Å². The van der Waals surface area contributed by atoms with Crippen LogP contribution >= 0.6 is 11.8 Å². The third-order valence-corrected chi connectivity index (χ3v) is 4.16. The number of anilines is 1. The molecule has 5 heteroatoms. The number of hydrogen-bond donors (Lipinski definition) is 1. The maximum absolute atomic E-state index is 5.76. The molecule has 21 heavy (non-hydrogen) atoms. The predicted molar refractivity (Wildman–Crippen MR) is 86.5 cm³/mol. The minimum absolute atomic E-state index is 0.697. The Labute approximate surface area is 129 Å². The van der Waals surface area contributed by atoms with Gasteiger partial charge in [-0.1, -0.05) is 6.07 Å². The highest BCUT2D eigenvalue weighted by molar-refractivity contribution is 7.98. The molecule has 0 heterocycles. The van der Waals surface area contributed by atoms with Gasteiger partial charge in [-0.05, 0) is 29.8 Å². The second-order valence-electron chi connectivity index (χ2n) is 4.39. The molecule has 2 aromatic carbocycles. The fourth-order valence-corrected chi connectivity index (χ4v) is 2.89. The average molecular weight is 305 g/mol. The van der Waals surface area contributed by atoms with Crippen LogP contribution in [0.15, 0.2) is 41.3 Å². The summed E-state index contributed by atoms with van der Waals surface area (Å²) in [5, 5.41) is 0. The Morgan fingerprint density at radius 2 is 1.57 bits per heavy atom. The number of hydrogen-bond acceptors (Lipinski definition) is 5. The minimum atomic E-state index is 0.697. The number of ether oxygens (including phenoxy) is 3. The van der Waals surface area contributed by atoms with E-state index in [0.29, 0.717) is 5.69 Å². The molecule has 0 unspecified atom stereocenters. The lowest BCUT2D eigenvalue weighted by Gasteiger charge is -2.11. The lowest BCUT2D eigenvalue weighted by molar-refractivity contribution is 0.354. The van der Waals surface area contributed by atoms with Crippen molar-refractivity contribution in [1.29, 1.82) is 0 Å². The van der Waals surface area contributed by atoms with E-state index in [1.54, 1.807) is 33.1 Å². The van der Waals surface area contributed by atoms with Crippen molar-refractivity contribution in [3.8, 4) is 17.2 Å². The molecule has 0 amide bonds. The van der Waals surface area contributed by atoms with Gasteiger partial charge in [0.05, 0.1) is 21.3 Å². The van der Waals surface area contributed by atoms with Gasteiger partial charge < -0.3 is 19.9 Å². The van der Waals surface area contributed by atoms with Crippen molar-refractivity contribution in [2.75, 3.05) is 27.1 Å². The molecule has 0 saturated heterocycles. The van der Waals surface area contributed by atoms with E-state index in [9.17, 15) is 0 Å². The van der Waals surface area contributed by atoms with Gasteiger partial charge in [0.2, 0.25) is 0 Å². The summed E-state index contributed by atoms with van der Waals surface area (Å²) >= 11 is 1.69. The monoisotopic (exact) mass is 305 g/mol. The molecule has 0 aliphatic rings. The summed E-state index contributed by atoms with van der Waals surface area (Å²) in [6.45, 7) is 0. The van der Waals surface area contributed by atoms with Crippen molar-refractivity contribution < 1.29 is 14.2 Å². The van der Waals surface area contributed by atoms with Gasteiger partial charge in [0.25, 0.3) is 0 Å². The molecular formula is C16H19NO3S. The van der Waals surface area contributed by atoms with Gasteiger partial charge in [-0.3, -0.25) is 0 Å². The van der Waals surface area contributed by atoms with Crippen molar-refractivity contribution >= 4 is 17.4 Å². The molecule has 0 fully saturated rings. The zero-order valence-corrected chi connectivity index (χ0v) is 13.2. The van der Waals surface area contributed by atoms with Crippen molar-refractivity contribution in [2.24, 2.45) is 0 Å². The molecule has 0 bridgehead atoms. The first kappa shape index (κ1) is 15.4. The van der Waals surface area contributed by atoms with Gasteiger partial charge in [0.1, 0.15) is 5.75 Å². The topological polar surface area (TPSA) is 53.7 Å². The summed E-state index contributed by atoms with van der Waals surface area (Å²) in [7, 11) is 4.92. The quantitative estimate of drug-likeness (QED) is 0.653. The minimum Gasteiger partial charge on any atom is -0.496 e. The Morgan fingerprint density at radius 1 is 0.857 bits per heavy atom. The highest BCUT2D eigenvalue weighted by Crippen LogP contribution is 2.35. The van der Waals surface area contributed by atoms with E-state index >= 15 is 0 Å². The van der Waals surface area contributed by atoms with Crippen molar-refractivity contribution in [3.63, 3.8) is 0 Å². The van der Waals surface area contributed by atoms with Gasteiger partial charge in [-0.2, -0.15) is 0 Å². The number of benzene rings is 2. The molecular weight excluding hydrogens is 286 g/mol. The number of methoxy groups -OCH3 is 3. The van der Waals surface area contributed by atoms with E-state index in [0.717, 1.165) is 33.5 Å². The van der Waals surface area contributed by atoms with Crippen molar-refractivity contribution in [3.05, 3.63) is 42.0 Å². The Morgan fingerprint density at radius 3 is 2.24 bits per heavy atom. The van der Waals surface area contributed by atoms with Crippen LogP contribution in [0, 0.1) is 0 Å². The number of rotatable bonds is 6. The normalized spacial score (nSPS) is 10.2. The lowest BCUT2D eigenvalue weighted by Crippen LogP contribution is -1.93. The highest BCUT2D eigenvalue weighted by Gasteiger charge is 2.07. The molecule has 0 aromatic heterocycles. The average Bonchev–Trinajstić information content (AvgIpc) is 2.53. The van der Waals surface area contributed by atoms with Crippen LogP contribution in [-0.2, 0) is 5.75 Å². The predicted octanol–water partition coefficient (Wildman–Crippen LogP) is 3.59. The molecule has 0 aliphatic heterocycles. The van der Waals surface area contributed by atoms with Gasteiger partial charge >= 0.3 is 0 Å². The van der Waals surface area contributed by atoms with Gasteiger partial charge in [-0.15, -0.1) is 11.8 Å². The molecule has 2 N–H and O–H groups in total. The zero-order valence-electron chi connectivity index (χ0n) is 12.4. The first-order valence-electron chi connectivity index (χ1n) is 6.45. The first-order valence-corrected chi connectivity index (χ1v) is 7.43. The summed E-state index contributed by atoms with van der Waals surface area (Å²) in [4.78, 5) is 1.06.